The summed E-state index contributed by atoms with van der Waals surface area (Å²) in [5, 5.41) is 9.46. The minimum atomic E-state index is -0.621. The Hall–Kier alpha value is -2.86. The Morgan fingerprint density at radius 2 is 1.24 bits per heavy atom. The first-order chi connectivity index (χ1) is 16.2. The highest BCUT2D eigenvalue weighted by atomic mass is 16.5. The lowest BCUT2D eigenvalue weighted by Crippen LogP contribution is -2.10. The summed E-state index contributed by atoms with van der Waals surface area (Å²) in [7, 11) is 0. The molecule has 0 radical (unpaired) electrons. The van der Waals surface area contributed by atoms with Crippen LogP contribution in [0.2, 0.25) is 0 Å². The van der Waals surface area contributed by atoms with Crippen molar-refractivity contribution in [1.29, 1.82) is 5.26 Å². The second-order valence-electron chi connectivity index (χ2n) is 8.77. The van der Waals surface area contributed by atoms with Crippen molar-refractivity contribution in [2.45, 2.75) is 90.9 Å². The van der Waals surface area contributed by atoms with Gasteiger partial charge in [-0.05, 0) is 60.6 Å². The molecule has 0 unspecified atom stereocenters. The van der Waals surface area contributed by atoms with Gasteiger partial charge in [0.2, 0.25) is 0 Å². The molecule has 0 aromatic heterocycles. The van der Waals surface area contributed by atoms with E-state index in [2.05, 4.69) is 26.0 Å². The Labute approximate surface area is 200 Å². The van der Waals surface area contributed by atoms with Crippen LogP contribution in [-0.4, -0.2) is 5.97 Å². The van der Waals surface area contributed by atoms with Gasteiger partial charge < -0.3 is 4.74 Å². The van der Waals surface area contributed by atoms with Gasteiger partial charge in [0.05, 0.1) is 0 Å². The first-order valence-corrected chi connectivity index (χ1v) is 12.7. The summed E-state index contributed by atoms with van der Waals surface area (Å²) < 4.78 is 5.43. The molecule has 0 amide bonds. The summed E-state index contributed by atoms with van der Waals surface area (Å²) in [5.41, 5.74) is 3.36. The third-order valence-electron chi connectivity index (χ3n) is 5.90. The van der Waals surface area contributed by atoms with Gasteiger partial charge in [-0.3, -0.25) is 0 Å². The van der Waals surface area contributed by atoms with E-state index in [-0.39, 0.29) is 5.57 Å². The number of nitriles is 1. The fourth-order valence-electron chi connectivity index (χ4n) is 3.84. The number of ether oxygens (including phenoxy) is 1. The second-order valence-corrected chi connectivity index (χ2v) is 8.77. The molecule has 0 saturated carbocycles. The topological polar surface area (TPSA) is 50.1 Å². The van der Waals surface area contributed by atoms with Crippen molar-refractivity contribution in [2.75, 3.05) is 0 Å². The van der Waals surface area contributed by atoms with Crippen LogP contribution in [0.1, 0.15) is 94.7 Å². The van der Waals surface area contributed by atoms with Crippen LogP contribution < -0.4 is 4.74 Å². The molecule has 0 aliphatic heterocycles. The zero-order valence-electron chi connectivity index (χ0n) is 20.4. The summed E-state index contributed by atoms with van der Waals surface area (Å²) in [6.07, 6.45) is 16.3. The van der Waals surface area contributed by atoms with Gasteiger partial charge in [-0.15, -0.1) is 0 Å². The van der Waals surface area contributed by atoms with E-state index in [0.29, 0.717) is 5.75 Å². The Balaban J connectivity index is 1.85. The van der Waals surface area contributed by atoms with E-state index in [1.165, 1.54) is 75.3 Å². The fraction of sp³-hybridized carbons (Fsp3) is 0.467. The summed E-state index contributed by atoms with van der Waals surface area (Å²) in [6.45, 7) is 4.45. The Bertz CT molecular complexity index is 888. The Morgan fingerprint density at radius 3 is 1.73 bits per heavy atom. The Morgan fingerprint density at radius 1 is 0.758 bits per heavy atom. The Kier molecular flexibility index (Phi) is 12.7. The number of hydrogen-bond donors (Lipinski definition) is 0. The first-order valence-electron chi connectivity index (χ1n) is 12.7. The molecular weight excluding hydrogens is 406 g/mol. The molecule has 2 aromatic carbocycles. The number of carbonyl (C=O) groups is 1. The smallest absolute Gasteiger partial charge is 0.354 e. The molecule has 176 valence electrons. The maximum Gasteiger partial charge on any atom is 0.354 e. The van der Waals surface area contributed by atoms with Crippen LogP contribution in [0.15, 0.2) is 54.1 Å². The molecule has 0 fully saturated rings. The van der Waals surface area contributed by atoms with Crippen molar-refractivity contribution in [3.8, 4) is 11.8 Å². The monoisotopic (exact) mass is 445 g/mol. The van der Waals surface area contributed by atoms with Gasteiger partial charge >= 0.3 is 5.97 Å². The zero-order chi connectivity index (χ0) is 23.7. The van der Waals surface area contributed by atoms with E-state index in [4.69, 9.17) is 4.74 Å². The molecular formula is C30H39NO2. The van der Waals surface area contributed by atoms with Gasteiger partial charge in [-0.1, -0.05) is 102 Å². The summed E-state index contributed by atoms with van der Waals surface area (Å²) in [4.78, 5) is 12.5. The molecule has 0 bridgehead atoms. The highest BCUT2D eigenvalue weighted by molar-refractivity contribution is 5.99. The maximum absolute atomic E-state index is 12.5. The zero-order valence-corrected chi connectivity index (χ0v) is 20.4. The normalized spacial score (nSPS) is 11.2. The van der Waals surface area contributed by atoms with Crippen molar-refractivity contribution in [1.82, 2.24) is 0 Å². The predicted molar refractivity (Wildman–Crippen MR) is 137 cm³/mol. The molecule has 3 heteroatoms. The molecule has 0 spiro atoms. The minimum absolute atomic E-state index is 0.00214. The highest BCUT2D eigenvalue weighted by Gasteiger charge is 2.12. The SMILES string of the molecule is CCCCCCCc1ccc(C=C(C#N)C(=O)Oc2ccc(CCCCCCC)cc2)cc1. The third kappa shape index (κ3) is 10.5. The van der Waals surface area contributed by atoms with E-state index in [1.807, 2.05) is 42.5 Å². The van der Waals surface area contributed by atoms with Crippen LogP contribution in [0.25, 0.3) is 6.08 Å². The third-order valence-corrected chi connectivity index (χ3v) is 5.90. The number of benzene rings is 2. The predicted octanol–water partition coefficient (Wildman–Crippen LogP) is 8.22. The van der Waals surface area contributed by atoms with Crippen molar-refractivity contribution < 1.29 is 9.53 Å². The van der Waals surface area contributed by atoms with E-state index < -0.39 is 5.97 Å². The molecule has 3 nitrogen and oxygen atoms in total. The number of hydrogen-bond acceptors (Lipinski definition) is 3. The first kappa shape index (κ1) is 26.4. The van der Waals surface area contributed by atoms with Crippen molar-refractivity contribution >= 4 is 12.0 Å². The van der Waals surface area contributed by atoms with Gasteiger partial charge in [0, 0.05) is 0 Å². The molecule has 0 saturated heterocycles. The molecule has 0 aliphatic rings. The lowest BCUT2D eigenvalue weighted by Gasteiger charge is -2.06. The largest absolute Gasteiger partial charge is 0.422 e. The average molecular weight is 446 g/mol. The lowest BCUT2D eigenvalue weighted by molar-refractivity contribution is -0.129. The van der Waals surface area contributed by atoms with E-state index in [0.717, 1.165) is 18.4 Å². The molecule has 0 aliphatic carbocycles. The molecule has 33 heavy (non-hydrogen) atoms. The number of carbonyl (C=O) groups excluding carboxylic acids is 1. The quantitative estimate of drug-likeness (QED) is 0.0912. The van der Waals surface area contributed by atoms with Crippen molar-refractivity contribution in [2.24, 2.45) is 0 Å². The summed E-state index contributed by atoms with van der Waals surface area (Å²) in [5.74, 6) is -0.154. The van der Waals surface area contributed by atoms with Gasteiger partial charge in [-0.2, -0.15) is 5.26 Å². The van der Waals surface area contributed by atoms with Crippen molar-refractivity contribution in [3.63, 3.8) is 0 Å². The summed E-state index contributed by atoms with van der Waals surface area (Å²) in [6, 6.07) is 17.7. The van der Waals surface area contributed by atoms with Crippen LogP contribution in [0.4, 0.5) is 0 Å². The van der Waals surface area contributed by atoms with Crippen LogP contribution >= 0.6 is 0 Å². The van der Waals surface area contributed by atoms with E-state index >= 15 is 0 Å². The minimum Gasteiger partial charge on any atom is -0.422 e. The van der Waals surface area contributed by atoms with Crippen LogP contribution in [0, 0.1) is 11.3 Å². The number of nitrogens with zero attached hydrogens (tertiary/aromatic N) is 1. The van der Waals surface area contributed by atoms with Crippen LogP contribution in [-0.2, 0) is 17.6 Å². The van der Waals surface area contributed by atoms with E-state index in [1.54, 1.807) is 6.08 Å². The molecule has 0 N–H and O–H groups in total. The van der Waals surface area contributed by atoms with Gasteiger partial charge in [0.25, 0.3) is 0 Å². The molecule has 2 rings (SSSR count). The van der Waals surface area contributed by atoms with Crippen LogP contribution in [0.5, 0.6) is 5.75 Å². The number of rotatable bonds is 15. The highest BCUT2D eigenvalue weighted by Crippen LogP contribution is 2.18. The molecule has 2 aromatic rings. The van der Waals surface area contributed by atoms with Gasteiger partial charge in [0.15, 0.2) is 0 Å². The maximum atomic E-state index is 12.5. The molecule has 0 atom stereocenters. The van der Waals surface area contributed by atoms with Gasteiger partial charge in [-0.25, -0.2) is 4.79 Å². The van der Waals surface area contributed by atoms with Crippen molar-refractivity contribution in [3.05, 3.63) is 70.8 Å². The van der Waals surface area contributed by atoms with Crippen LogP contribution in [0.3, 0.4) is 0 Å². The second kappa shape index (κ2) is 15.9. The summed E-state index contributed by atoms with van der Waals surface area (Å²) >= 11 is 0. The fourth-order valence-corrected chi connectivity index (χ4v) is 3.84. The lowest BCUT2D eigenvalue weighted by atomic mass is 10.0. The van der Waals surface area contributed by atoms with E-state index in [9.17, 15) is 10.1 Å². The number of unbranched alkanes of at least 4 members (excludes halogenated alkanes) is 8. The van der Waals surface area contributed by atoms with Gasteiger partial charge in [0.1, 0.15) is 17.4 Å². The number of esters is 1. The molecule has 0 heterocycles. The number of aryl methyl sites for hydroxylation is 2. The standard InChI is InChI=1S/C30H39NO2/c1-3-5-7-9-11-13-25-15-17-27(18-16-25)23-28(24-31)30(32)33-29-21-19-26(20-22-29)14-12-10-8-6-4-2/h15-23H,3-14H2,1-2H3. The average Bonchev–Trinajstić information content (AvgIpc) is 2.84.